The minimum Gasteiger partial charge on any atom is -0.494 e. The molecule has 4 aromatic heterocycles. The van der Waals surface area contributed by atoms with Gasteiger partial charge in [0.15, 0.2) is 11.0 Å². The summed E-state index contributed by atoms with van der Waals surface area (Å²) in [7, 11) is 0. The van der Waals surface area contributed by atoms with Crippen LogP contribution in [-0.4, -0.2) is 35.7 Å². The van der Waals surface area contributed by atoms with E-state index in [4.69, 9.17) is 16.3 Å². The fourth-order valence-electron chi connectivity index (χ4n) is 3.36. The molecule has 0 bridgehead atoms. The third kappa shape index (κ3) is 4.19. The van der Waals surface area contributed by atoms with E-state index in [0.29, 0.717) is 17.4 Å². The Balaban J connectivity index is 1.49. The number of rotatable bonds is 7. The lowest BCUT2D eigenvalue weighted by Gasteiger charge is -2.11. The predicted molar refractivity (Wildman–Crippen MR) is 126 cm³/mol. The van der Waals surface area contributed by atoms with Crippen molar-refractivity contribution in [1.82, 2.24) is 29.1 Å². The van der Waals surface area contributed by atoms with Crippen LogP contribution in [0, 0.1) is 0 Å². The zero-order valence-corrected chi connectivity index (χ0v) is 18.8. The van der Waals surface area contributed by atoms with Gasteiger partial charge in [0.2, 0.25) is 0 Å². The number of nitrogens with zero attached hydrogens (tertiary/aromatic N) is 6. The average Bonchev–Trinajstić information content (AvgIpc) is 3.42. The lowest BCUT2D eigenvalue weighted by molar-refractivity contribution is 0.340. The molecule has 160 valence electrons. The first-order valence-corrected chi connectivity index (χ1v) is 11.4. The van der Waals surface area contributed by atoms with Crippen molar-refractivity contribution in [2.75, 3.05) is 6.61 Å². The van der Waals surface area contributed by atoms with E-state index in [1.54, 1.807) is 24.2 Å². The summed E-state index contributed by atoms with van der Waals surface area (Å²) in [6.45, 7) is 2.59. The number of hydrogen-bond acceptors (Lipinski definition) is 6. The molecule has 0 aliphatic rings. The number of hydrogen-bond donors (Lipinski definition) is 0. The van der Waals surface area contributed by atoms with Gasteiger partial charge < -0.3 is 9.14 Å². The molecule has 0 radical (unpaired) electrons. The monoisotopic (exact) mass is 462 g/mol. The molecule has 0 N–H and O–H groups in total. The summed E-state index contributed by atoms with van der Waals surface area (Å²) in [6, 6.07) is 15.5. The molecule has 5 rings (SSSR count). The molecule has 0 unspecified atom stereocenters. The fraction of sp³-hybridized carbons (Fsp3) is 0.130. The summed E-state index contributed by atoms with van der Waals surface area (Å²) in [5.74, 6) is 2.19. The van der Waals surface area contributed by atoms with Crippen LogP contribution in [0.2, 0.25) is 5.02 Å². The highest BCUT2D eigenvalue weighted by atomic mass is 35.5. The topological polar surface area (TPSA) is 70.1 Å². The molecule has 0 saturated heterocycles. The Hall–Kier alpha value is -3.36. The molecule has 9 heteroatoms. The number of pyridine rings is 2. The molecule has 32 heavy (non-hydrogen) atoms. The van der Waals surface area contributed by atoms with Gasteiger partial charge in [0, 0.05) is 41.8 Å². The van der Waals surface area contributed by atoms with Crippen molar-refractivity contribution >= 4 is 29.0 Å². The van der Waals surface area contributed by atoms with Crippen LogP contribution >= 0.6 is 23.4 Å². The maximum atomic E-state index is 6.09. The lowest BCUT2D eigenvalue weighted by atomic mass is 10.2. The van der Waals surface area contributed by atoms with Crippen LogP contribution in [0.3, 0.4) is 0 Å². The Kier molecular flexibility index (Phi) is 5.79. The second-order valence-electron chi connectivity index (χ2n) is 6.94. The van der Waals surface area contributed by atoms with Crippen molar-refractivity contribution in [2.24, 2.45) is 0 Å². The second-order valence-corrected chi connectivity index (χ2v) is 8.32. The van der Waals surface area contributed by atoms with Crippen molar-refractivity contribution in [3.05, 3.63) is 84.0 Å². The van der Waals surface area contributed by atoms with Crippen molar-refractivity contribution in [2.45, 2.75) is 17.8 Å². The number of thioether (sulfide) groups is 1. The van der Waals surface area contributed by atoms with E-state index in [-0.39, 0.29) is 0 Å². The van der Waals surface area contributed by atoms with E-state index in [9.17, 15) is 0 Å². The van der Waals surface area contributed by atoms with Gasteiger partial charge in [0.1, 0.15) is 11.4 Å². The Morgan fingerprint density at radius 3 is 2.69 bits per heavy atom. The Morgan fingerprint density at radius 1 is 1.03 bits per heavy atom. The summed E-state index contributed by atoms with van der Waals surface area (Å²) in [6.07, 6.45) is 7.36. The molecular formula is C23H19ClN6OS. The normalized spacial score (nSPS) is 11.2. The molecule has 0 saturated carbocycles. The van der Waals surface area contributed by atoms with Crippen LogP contribution in [0.25, 0.3) is 22.7 Å². The zero-order valence-electron chi connectivity index (χ0n) is 17.2. The van der Waals surface area contributed by atoms with Crippen LogP contribution in [-0.2, 0) is 5.75 Å². The van der Waals surface area contributed by atoms with Gasteiger partial charge in [-0.1, -0.05) is 23.4 Å². The molecule has 0 fully saturated rings. The predicted octanol–water partition coefficient (Wildman–Crippen LogP) is 5.32. The highest BCUT2D eigenvalue weighted by molar-refractivity contribution is 7.98. The average molecular weight is 463 g/mol. The lowest BCUT2D eigenvalue weighted by Crippen LogP contribution is -2.00. The second kappa shape index (κ2) is 9.02. The molecular weight excluding hydrogens is 444 g/mol. The number of ether oxygens (including phenoxy) is 1. The first-order valence-electron chi connectivity index (χ1n) is 10.1. The third-order valence-electron chi connectivity index (χ3n) is 4.77. The maximum Gasteiger partial charge on any atom is 0.196 e. The highest BCUT2D eigenvalue weighted by Gasteiger charge is 2.17. The minimum atomic E-state index is 0.623. The third-order valence-corrected chi connectivity index (χ3v) is 5.96. The van der Waals surface area contributed by atoms with E-state index < -0.39 is 0 Å². The SMILES string of the molecule is CCOc1ccc(-n2c(SCc3cn4cc(Cl)ccc4n3)nnc2-c2cccnc2)cc1. The molecule has 1 aromatic carbocycles. The van der Waals surface area contributed by atoms with Gasteiger partial charge in [-0.3, -0.25) is 9.55 Å². The largest absolute Gasteiger partial charge is 0.494 e. The van der Waals surface area contributed by atoms with Gasteiger partial charge >= 0.3 is 0 Å². The van der Waals surface area contributed by atoms with E-state index >= 15 is 0 Å². The van der Waals surface area contributed by atoms with Crippen LogP contribution in [0.4, 0.5) is 0 Å². The Morgan fingerprint density at radius 2 is 1.91 bits per heavy atom. The van der Waals surface area contributed by atoms with Crippen molar-refractivity contribution in [1.29, 1.82) is 0 Å². The van der Waals surface area contributed by atoms with Crippen LogP contribution < -0.4 is 4.74 Å². The first kappa shape index (κ1) is 20.5. The van der Waals surface area contributed by atoms with Gasteiger partial charge in [-0.25, -0.2) is 4.98 Å². The molecule has 5 aromatic rings. The van der Waals surface area contributed by atoms with Gasteiger partial charge in [-0.2, -0.15) is 0 Å². The number of aromatic nitrogens is 6. The summed E-state index contributed by atoms with van der Waals surface area (Å²) in [5, 5.41) is 10.4. The maximum absolute atomic E-state index is 6.09. The standard InChI is InChI=1S/C23H19ClN6OS/c1-2-31-20-8-6-19(7-9-20)30-22(16-4-3-11-25-12-16)27-28-23(30)32-15-18-14-29-13-17(24)5-10-21(29)26-18/h3-14H,2,15H2,1H3. The zero-order chi connectivity index (χ0) is 21.9. The van der Waals surface area contributed by atoms with Crippen LogP contribution in [0.5, 0.6) is 5.75 Å². The Bertz CT molecular complexity index is 1350. The molecule has 0 atom stereocenters. The summed E-state index contributed by atoms with van der Waals surface area (Å²) < 4.78 is 9.55. The molecule has 0 aliphatic heterocycles. The molecule has 4 heterocycles. The number of imidazole rings is 1. The first-order chi connectivity index (χ1) is 15.7. The van der Waals surface area contributed by atoms with E-state index in [1.807, 2.05) is 76.8 Å². The van der Waals surface area contributed by atoms with Gasteiger partial charge in [0.05, 0.1) is 17.3 Å². The Labute approximate surface area is 194 Å². The number of fused-ring (bicyclic) bond motifs is 1. The number of benzene rings is 1. The van der Waals surface area contributed by atoms with E-state index in [0.717, 1.165) is 39.3 Å². The van der Waals surface area contributed by atoms with E-state index in [2.05, 4.69) is 20.2 Å². The summed E-state index contributed by atoms with van der Waals surface area (Å²) >= 11 is 7.67. The quantitative estimate of drug-likeness (QED) is 0.305. The minimum absolute atomic E-state index is 0.623. The molecule has 7 nitrogen and oxygen atoms in total. The van der Waals surface area contributed by atoms with Crippen molar-refractivity contribution < 1.29 is 4.74 Å². The van der Waals surface area contributed by atoms with Crippen molar-refractivity contribution in [3.63, 3.8) is 0 Å². The van der Waals surface area contributed by atoms with Gasteiger partial charge in [-0.15, -0.1) is 10.2 Å². The molecule has 0 amide bonds. The van der Waals surface area contributed by atoms with Crippen LogP contribution in [0.15, 0.2) is 78.5 Å². The van der Waals surface area contributed by atoms with Crippen LogP contribution in [0.1, 0.15) is 12.6 Å². The smallest absolute Gasteiger partial charge is 0.196 e. The molecule has 0 aliphatic carbocycles. The fourth-order valence-corrected chi connectivity index (χ4v) is 4.37. The highest BCUT2D eigenvalue weighted by Crippen LogP contribution is 2.30. The summed E-state index contributed by atoms with van der Waals surface area (Å²) in [4.78, 5) is 8.90. The summed E-state index contributed by atoms with van der Waals surface area (Å²) in [5.41, 5.74) is 3.63. The molecule has 0 spiro atoms. The van der Waals surface area contributed by atoms with Gasteiger partial charge in [0.25, 0.3) is 0 Å². The van der Waals surface area contributed by atoms with E-state index in [1.165, 1.54) is 0 Å². The van der Waals surface area contributed by atoms with Gasteiger partial charge in [-0.05, 0) is 55.5 Å². The number of halogens is 1. The van der Waals surface area contributed by atoms with Crippen molar-refractivity contribution in [3.8, 4) is 22.8 Å².